The Hall–Kier alpha value is -0.710. The van der Waals surface area contributed by atoms with E-state index in [-0.39, 0.29) is 0 Å². The van der Waals surface area contributed by atoms with Crippen LogP contribution in [0.4, 0.5) is 5.69 Å². The molecule has 2 N–H and O–H groups in total. The average molecular weight is 256 g/mol. The number of ether oxygens (including phenoxy) is 1. The smallest absolute Gasteiger partial charge is 0.0603 e. The Balaban J connectivity index is 0.000000265. The second-order valence-corrected chi connectivity index (χ2v) is 3.99. The van der Waals surface area contributed by atoms with Crippen LogP contribution in [-0.4, -0.2) is 30.6 Å². The monoisotopic (exact) mass is 256 g/mol. The summed E-state index contributed by atoms with van der Waals surface area (Å²) >= 11 is 4.11. The van der Waals surface area contributed by atoms with Crippen molar-refractivity contribution in [1.82, 2.24) is 4.31 Å². The highest BCUT2D eigenvalue weighted by molar-refractivity contribution is 7.77. The summed E-state index contributed by atoms with van der Waals surface area (Å²) in [6.07, 6.45) is 0. The van der Waals surface area contributed by atoms with Crippen molar-refractivity contribution in [1.29, 1.82) is 0 Å². The number of rotatable bonds is 0. The maximum Gasteiger partial charge on any atom is 0.0603 e. The third-order valence-electron chi connectivity index (χ3n) is 2.18. The normalized spacial score (nSPS) is 15.1. The van der Waals surface area contributed by atoms with Crippen LogP contribution in [-0.2, 0) is 4.74 Å². The van der Waals surface area contributed by atoms with Gasteiger partial charge in [0.1, 0.15) is 0 Å². The van der Waals surface area contributed by atoms with Crippen LogP contribution in [0.5, 0.6) is 0 Å². The van der Waals surface area contributed by atoms with Crippen molar-refractivity contribution >= 4 is 18.5 Å². The summed E-state index contributed by atoms with van der Waals surface area (Å²) in [5.41, 5.74) is 7.53. The Bertz CT molecular complexity index is 268. The lowest BCUT2D eigenvalue weighted by molar-refractivity contribution is 0.0781. The zero-order valence-electron chi connectivity index (χ0n) is 11.0. The molecular weight excluding hydrogens is 232 g/mol. The van der Waals surface area contributed by atoms with Gasteiger partial charge in [-0.25, -0.2) is 4.31 Å². The third-order valence-corrected chi connectivity index (χ3v) is 2.58. The highest BCUT2D eigenvalue weighted by Crippen LogP contribution is 2.06. The molecule has 17 heavy (non-hydrogen) atoms. The predicted molar refractivity (Wildman–Crippen MR) is 78.3 cm³/mol. The molecular formula is C13H24N2OS. The summed E-state index contributed by atoms with van der Waals surface area (Å²) in [6.45, 7) is 9.59. The van der Waals surface area contributed by atoms with Gasteiger partial charge in [0.05, 0.1) is 13.2 Å². The summed E-state index contributed by atoms with van der Waals surface area (Å²) in [6, 6.07) is 7.80. The van der Waals surface area contributed by atoms with Crippen molar-refractivity contribution in [3.05, 3.63) is 29.8 Å². The van der Waals surface area contributed by atoms with Crippen LogP contribution in [0.3, 0.4) is 0 Å². The standard InChI is InChI=1S/C7H9N.C4H9NOS.C2H6/c1-6-4-2-3-5-7(6)8;7-5-1-3-6-4-2-5;1-2/h2-5H,8H2,1H3;7H,1-4H2;1-2H3. The molecule has 4 heteroatoms. The summed E-state index contributed by atoms with van der Waals surface area (Å²) in [5, 5.41) is 0. The van der Waals surface area contributed by atoms with Crippen LogP contribution in [0.2, 0.25) is 0 Å². The van der Waals surface area contributed by atoms with E-state index in [1.165, 1.54) is 0 Å². The van der Waals surface area contributed by atoms with E-state index in [1.807, 2.05) is 49.3 Å². The molecule has 0 aromatic heterocycles. The molecule has 0 amide bonds. The van der Waals surface area contributed by atoms with Crippen molar-refractivity contribution in [3.63, 3.8) is 0 Å². The van der Waals surface area contributed by atoms with Gasteiger partial charge in [-0.3, -0.25) is 0 Å². The molecule has 0 radical (unpaired) electrons. The first kappa shape index (κ1) is 16.3. The third kappa shape index (κ3) is 8.07. The molecule has 0 atom stereocenters. The molecule has 1 aromatic carbocycles. The number of aryl methyl sites for hydroxylation is 1. The molecule has 1 aliphatic heterocycles. The average Bonchev–Trinajstić information content (AvgIpc) is 2.37. The van der Waals surface area contributed by atoms with Crippen molar-refractivity contribution in [3.8, 4) is 0 Å². The Labute approximate surface area is 110 Å². The van der Waals surface area contributed by atoms with Gasteiger partial charge in [0.2, 0.25) is 0 Å². The molecule has 1 heterocycles. The van der Waals surface area contributed by atoms with Crippen LogP contribution in [0.15, 0.2) is 24.3 Å². The lowest BCUT2D eigenvalue weighted by Crippen LogP contribution is -2.28. The number of benzene rings is 1. The van der Waals surface area contributed by atoms with Gasteiger partial charge >= 0.3 is 0 Å². The highest BCUT2D eigenvalue weighted by atomic mass is 32.1. The fourth-order valence-electron chi connectivity index (χ4n) is 1.14. The van der Waals surface area contributed by atoms with Crippen molar-refractivity contribution in [2.45, 2.75) is 20.8 Å². The second kappa shape index (κ2) is 10.4. The molecule has 2 rings (SSSR count). The highest BCUT2D eigenvalue weighted by Gasteiger charge is 2.03. The van der Waals surface area contributed by atoms with Crippen LogP contribution >= 0.6 is 12.8 Å². The molecule has 1 saturated heterocycles. The largest absolute Gasteiger partial charge is 0.399 e. The van der Waals surface area contributed by atoms with Gasteiger partial charge in [-0.1, -0.05) is 44.9 Å². The first-order valence-electron chi connectivity index (χ1n) is 6.03. The molecule has 1 aromatic rings. The summed E-state index contributed by atoms with van der Waals surface area (Å²) in [4.78, 5) is 0. The maximum absolute atomic E-state index is 5.52. The van der Waals surface area contributed by atoms with Crippen LogP contribution < -0.4 is 5.73 Å². The molecule has 0 spiro atoms. The molecule has 0 bridgehead atoms. The number of hydrogen-bond acceptors (Lipinski definition) is 4. The van der Waals surface area contributed by atoms with E-state index in [2.05, 4.69) is 12.8 Å². The molecule has 0 aliphatic carbocycles. The van der Waals surface area contributed by atoms with Crippen molar-refractivity contribution in [2.24, 2.45) is 0 Å². The first-order valence-corrected chi connectivity index (χ1v) is 6.43. The minimum Gasteiger partial charge on any atom is -0.399 e. The van der Waals surface area contributed by atoms with E-state index < -0.39 is 0 Å². The zero-order valence-corrected chi connectivity index (χ0v) is 11.9. The quantitative estimate of drug-likeness (QED) is 0.554. The number of hydrogen-bond donors (Lipinski definition) is 2. The van der Waals surface area contributed by atoms with Crippen LogP contribution in [0.1, 0.15) is 19.4 Å². The van der Waals surface area contributed by atoms with E-state index in [1.54, 1.807) is 0 Å². The number of thiol groups is 1. The molecule has 98 valence electrons. The molecule has 1 fully saturated rings. The van der Waals surface area contributed by atoms with Gasteiger partial charge in [-0.2, -0.15) is 0 Å². The van der Waals surface area contributed by atoms with Gasteiger partial charge in [-0.15, -0.1) is 0 Å². The summed E-state index contributed by atoms with van der Waals surface area (Å²) < 4.78 is 7.01. The van der Waals surface area contributed by atoms with E-state index >= 15 is 0 Å². The van der Waals surface area contributed by atoms with Gasteiger partial charge in [-0.05, 0) is 18.6 Å². The predicted octanol–water partition coefficient (Wildman–Crippen LogP) is 2.77. The number of para-hydroxylation sites is 1. The maximum atomic E-state index is 5.52. The van der Waals surface area contributed by atoms with E-state index in [9.17, 15) is 0 Å². The molecule has 0 unspecified atom stereocenters. The van der Waals surface area contributed by atoms with Crippen LogP contribution in [0.25, 0.3) is 0 Å². The number of anilines is 1. The lowest BCUT2D eigenvalue weighted by atomic mass is 10.2. The first-order chi connectivity index (χ1) is 8.20. The molecule has 1 aliphatic rings. The zero-order chi connectivity index (χ0) is 13.1. The molecule has 0 saturated carbocycles. The topological polar surface area (TPSA) is 38.5 Å². The van der Waals surface area contributed by atoms with Gasteiger partial charge in [0, 0.05) is 18.8 Å². The Kier molecular flexibility index (Phi) is 10.0. The van der Waals surface area contributed by atoms with Gasteiger partial charge in [0.15, 0.2) is 0 Å². The molecule has 3 nitrogen and oxygen atoms in total. The van der Waals surface area contributed by atoms with E-state index in [0.29, 0.717) is 0 Å². The van der Waals surface area contributed by atoms with Crippen LogP contribution in [0, 0.1) is 6.92 Å². The SMILES string of the molecule is CC.Cc1ccccc1N.SN1CCOCC1. The number of nitrogen functional groups attached to an aromatic ring is 1. The number of morpholine rings is 1. The summed E-state index contributed by atoms with van der Waals surface area (Å²) in [5.74, 6) is 0. The van der Waals surface area contributed by atoms with Crippen molar-refractivity contribution < 1.29 is 4.74 Å². The van der Waals surface area contributed by atoms with Crippen molar-refractivity contribution in [2.75, 3.05) is 32.0 Å². The number of nitrogens with zero attached hydrogens (tertiary/aromatic N) is 1. The Morgan fingerprint density at radius 1 is 1.18 bits per heavy atom. The van der Waals surface area contributed by atoms with E-state index in [0.717, 1.165) is 37.6 Å². The fourth-order valence-corrected chi connectivity index (χ4v) is 1.30. The van der Waals surface area contributed by atoms with E-state index in [4.69, 9.17) is 10.5 Å². The minimum atomic E-state index is 0.837. The number of nitrogens with two attached hydrogens (primary N) is 1. The lowest BCUT2D eigenvalue weighted by Gasteiger charge is -2.19. The fraction of sp³-hybridized carbons (Fsp3) is 0.538. The summed E-state index contributed by atoms with van der Waals surface area (Å²) in [7, 11) is 0. The van der Waals surface area contributed by atoms with Gasteiger partial charge < -0.3 is 10.5 Å². The second-order valence-electron chi connectivity index (χ2n) is 3.42. The Morgan fingerprint density at radius 2 is 1.71 bits per heavy atom. The Morgan fingerprint density at radius 3 is 2.00 bits per heavy atom. The van der Waals surface area contributed by atoms with Gasteiger partial charge in [0.25, 0.3) is 0 Å². The minimum absolute atomic E-state index is 0.837.